The van der Waals surface area contributed by atoms with Crippen LogP contribution in [0.25, 0.3) is 16.3 Å². The van der Waals surface area contributed by atoms with E-state index in [0.717, 1.165) is 10.6 Å². The van der Waals surface area contributed by atoms with Crippen LogP contribution in [0.3, 0.4) is 0 Å². The Balaban J connectivity index is 1.85. The average molecular weight is 422 g/mol. The largest absolute Gasteiger partial charge is 0.493 e. The van der Waals surface area contributed by atoms with Gasteiger partial charge in [-0.25, -0.2) is 14.6 Å². The van der Waals surface area contributed by atoms with Crippen LogP contribution in [0.1, 0.15) is 15.9 Å². The van der Waals surface area contributed by atoms with Crippen LogP contribution in [0.4, 0.5) is 0 Å². The minimum absolute atomic E-state index is 0.217. The third-order valence-electron chi connectivity index (χ3n) is 4.51. The number of carbonyl (C=O) groups excluding carboxylic acids is 1. The number of aromatic nitrogens is 4. The van der Waals surface area contributed by atoms with E-state index in [4.69, 9.17) is 14.2 Å². The van der Waals surface area contributed by atoms with Gasteiger partial charge in [-0.3, -0.25) is 4.79 Å². The Kier molecular flexibility index (Phi) is 5.44. The highest BCUT2D eigenvalue weighted by atomic mass is 32.1. The van der Waals surface area contributed by atoms with E-state index >= 15 is 0 Å². The van der Waals surface area contributed by atoms with Crippen molar-refractivity contribution in [2.45, 2.75) is 0 Å². The zero-order chi connectivity index (χ0) is 21.1. The third kappa shape index (κ3) is 3.50. The van der Waals surface area contributed by atoms with E-state index in [1.165, 1.54) is 39.0 Å². The Morgan fingerprint density at radius 1 is 1.03 bits per heavy atom. The molecule has 0 unspecified atom stereocenters. The molecule has 2 heterocycles. The molecule has 9 heteroatoms. The van der Waals surface area contributed by atoms with Gasteiger partial charge in [0.05, 0.1) is 27.0 Å². The smallest absolute Gasteiger partial charge is 0.203 e. The predicted octanol–water partition coefficient (Wildman–Crippen LogP) is 3.65. The molecule has 8 nitrogen and oxygen atoms in total. The maximum atomic E-state index is 13.5. The Hall–Kier alpha value is -3.72. The topological polar surface area (TPSA) is 88.4 Å². The fourth-order valence-electron chi connectivity index (χ4n) is 3.11. The van der Waals surface area contributed by atoms with Gasteiger partial charge in [-0.1, -0.05) is 6.07 Å². The van der Waals surface area contributed by atoms with Crippen LogP contribution >= 0.6 is 11.3 Å². The molecule has 0 atom stereocenters. The number of nitrogens with zero attached hydrogens (tertiary/aromatic N) is 4. The van der Waals surface area contributed by atoms with Crippen LogP contribution in [0, 0.1) is 0 Å². The minimum Gasteiger partial charge on any atom is -0.493 e. The zero-order valence-corrected chi connectivity index (χ0v) is 17.3. The molecule has 0 radical (unpaired) electrons. The van der Waals surface area contributed by atoms with Crippen LogP contribution in [-0.2, 0) is 0 Å². The summed E-state index contributed by atoms with van der Waals surface area (Å²) in [6.07, 6.45) is 4.71. The second-order valence-electron chi connectivity index (χ2n) is 6.15. The maximum Gasteiger partial charge on any atom is 0.203 e. The van der Waals surface area contributed by atoms with Crippen LogP contribution in [0.5, 0.6) is 17.2 Å². The quantitative estimate of drug-likeness (QED) is 0.420. The van der Waals surface area contributed by atoms with Crippen molar-refractivity contribution in [2.24, 2.45) is 0 Å². The summed E-state index contributed by atoms with van der Waals surface area (Å²) in [5, 5.41) is 6.96. The number of hydrogen-bond acceptors (Lipinski definition) is 8. The summed E-state index contributed by atoms with van der Waals surface area (Å²) in [4.78, 5) is 21.8. The van der Waals surface area contributed by atoms with Crippen molar-refractivity contribution in [1.82, 2.24) is 19.7 Å². The second-order valence-corrected chi connectivity index (χ2v) is 7.05. The standard InChI is InChI=1S/C21H18N4O4S/c1-27-17-9-14(10-18(28-2)20(17)29-3)19(26)15-5-4-13(21-23-6-7-30-21)8-16(15)25-12-22-11-24-25/h4-12H,1-3H3. The first-order chi connectivity index (χ1) is 14.7. The third-order valence-corrected chi connectivity index (χ3v) is 5.34. The van der Waals surface area contributed by atoms with Gasteiger partial charge in [0.25, 0.3) is 0 Å². The molecule has 0 aliphatic heterocycles. The molecule has 0 N–H and O–H groups in total. The summed E-state index contributed by atoms with van der Waals surface area (Å²) in [5.74, 6) is 1.02. The van der Waals surface area contributed by atoms with Gasteiger partial charge in [0.2, 0.25) is 5.75 Å². The van der Waals surface area contributed by atoms with Gasteiger partial charge >= 0.3 is 0 Å². The van der Waals surface area contributed by atoms with Gasteiger partial charge in [0, 0.05) is 28.3 Å². The minimum atomic E-state index is -0.217. The van der Waals surface area contributed by atoms with Gasteiger partial charge in [0.15, 0.2) is 17.3 Å². The lowest BCUT2D eigenvalue weighted by Crippen LogP contribution is -2.09. The number of hydrogen-bond donors (Lipinski definition) is 0. The number of rotatable bonds is 7. The van der Waals surface area contributed by atoms with Crippen LogP contribution < -0.4 is 14.2 Å². The van der Waals surface area contributed by atoms with E-state index < -0.39 is 0 Å². The van der Waals surface area contributed by atoms with Crippen molar-refractivity contribution < 1.29 is 19.0 Å². The van der Waals surface area contributed by atoms with E-state index in [1.54, 1.807) is 35.4 Å². The van der Waals surface area contributed by atoms with E-state index in [-0.39, 0.29) is 5.78 Å². The van der Waals surface area contributed by atoms with Gasteiger partial charge < -0.3 is 14.2 Å². The van der Waals surface area contributed by atoms with Crippen molar-refractivity contribution in [3.63, 3.8) is 0 Å². The molecule has 0 spiro atoms. The Morgan fingerprint density at radius 2 is 1.80 bits per heavy atom. The molecule has 152 valence electrons. The van der Waals surface area contributed by atoms with Crippen molar-refractivity contribution in [3.05, 3.63) is 65.7 Å². The monoisotopic (exact) mass is 422 g/mol. The molecule has 0 saturated carbocycles. The normalized spacial score (nSPS) is 10.6. The van der Waals surface area contributed by atoms with Crippen LogP contribution in [-0.4, -0.2) is 46.9 Å². The van der Waals surface area contributed by atoms with E-state index in [1.807, 2.05) is 17.5 Å². The highest BCUT2D eigenvalue weighted by Crippen LogP contribution is 2.39. The molecule has 0 aliphatic carbocycles. The van der Waals surface area contributed by atoms with Crippen molar-refractivity contribution in [3.8, 4) is 33.5 Å². The number of ketones is 1. The van der Waals surface area contributed by atoms with E-state index in [9.17, 15) is 4.79 Å². The van der Waals surface area contributed by atoms with Gasteiger partial charge in [0.1, 0.15) is 17.7 Å². The number of benzene rings is 2. The number of ether oxygens (including phenoxy) is 3. The van der Waals surface area contributed by atoms with Crippen LogP contribution in [0.2, 0.25) is 0 Å². The molecule has 0 amide bonds. The summed E-state index contributed by atoms with van der Waals surface area (Å²) in [5.41, 5.74) is 2.33. The molecule has 4 aromatic rings. The first-order valence-corrected chi connectivity index (χ1v) is 9.77. The molecule has 0 aliphatic rings. The highest BCUT2D eigenvalue weighted by molar-refractivity contribution is 7.13. The van der Waals surface area contributed by atoms with Crippen molar-refractivity contribution >= 4 is 17.1 Å². The SMILES string of the molecule is COc1cc(C(=O)c2ccc(-c3nccs3)cc2-n2cncn2)cc(OC)c1OC. The molecule has 2 aromatic carbocycles. The molecular formula is C21H18N4O4S. The Morgan fingerprint density at radius 3 is 2.37 bits per heavy atom. The second kappa shape index (κ2) is 8.34. The molecule has 30 heavy (non-hydrogen) atoms. The van der Waals surface area contributed by atoms with E-state index in [2.05, 4.69) is 15.1 Å². The summed E-state index contributed by atoms with van der Waals surface area (Å²) in [6, 6.07) is 8.76. The first-order valence-electron chi connectivity index (χ1n) is 8.90. The summed E-state index contributed by atoms with van der Waals surface area (Å²) < 4.78 is 17.7. The van der Waals surface area contributed by atoms with Gasteiger partial charge in [-0.2, -0.15) is 5.10 Å². The number of thiazole rings is 1. The molecule has 0 saturated heterocycles. The highest BCUT2D eigenvalue weighted by Gasteiger charge is 2.21. The van der Waals surface area contributed by atoms with Gasteiger partial charge in [-0.05, 0) is 24.3 Å². The lowest BCUT2D eigenvalue weighted by Gasteiger charge is -2.15. The first kappa shape index (κ1) is 19.6. The summed E-state index contributed by atoms with van der Waals surface area (Å²) >= 11 is 1.52. The van der Waals surface area contributed by atoms with Gasteiger partial charge in [-0.15, -0.1) is 11.3 Å². The molecule has 4 rings (SSSR count). The maximum absolute atomic E-state index is 13.5. The molecular weight excluding hydrogens is 404 g/mol. The zero-order valence-electron chi connectivity index (χ0n) is 16.5. The fraction of sp³-hybridized carbons (Fsp3) is 0.143. The predicted molar refractivity (Wildman–Crippen MR) is 112 cm³/mol. The fourth-order valence-corrected chi connectivity index (χ4v) is 3.75. The van der Waals surface area contributed by atoms with Crippen LogP contribution in [0.15, 0.2) is 54.6 Å². The van der Waals surface area contributed by atoms with Crippen molar-refractivity contribution in [1.29, 1.82) is 0 Å². The number of carbonyl (C=O) groups is 1. The molecule has 2 aromatic heterocycles. The summed E-state index contributed by atoms with van der Waals surface area (Å²) in [7, 11) is 4.53. The molecule has 0 bridgehead atoms. The Labute approximate surface area is 176 Å². The van der Waals surface area contributed by atoms with Crippen molar-refractivity contribution in [2.75, 3.05) is 21.3 Å². The Bertz CT molecular complexity index is 1150. The lowest BCUT2D eigenvalue weighted by molar-refractivity contribution is 0.103. The van der Waals surface area contributed by atoms with E-state index in [0.29, 0.717) is 34.1 Å². The summed E-state index contributed by atoms with van der Waals surface area (Å²) in [6.45, 7) is 0. The lowest BCUT2D eigenvalue weighted by atomic mass is 9.99. The molecule has 0 fully saturated rings. The average Bonchev–Trinajstić information content (AvgIpc) is 3.51. The number of methoxy groups -OCH3 is 3.